The van der Waals surface area contributed by atoms with E-state index in [9.17, 15) is 13.2 Å². The van der Waals surface area contributed by atoms with E-state index in [1.54, 1.807) is 0 Å². The molecule has 0 heterocycles. The van der Waals surface area contributed by atoms with Crippen LogP contribution < -0.4 is 5.32 Å². The normalized spacial score (nSPS) is 12.4. The van der Waals surface area contributed by atoms with Crippen LogP contribution in [0.15, 0.2) is 24.3 Å². The lowest BCUT2D eigenvalue weighted by atomic mass is 10.1. The summed E-state index contributed by atoms with van der Waals surface area (Å²) in [5, 5.41) is 3.31. The van der Waals surface area contributed by atoms with E-state index in [0.717, 1.165) is 17.7 Å². The Hall–Kier alpha value is -1.07. The average molecular weight is 302 g/mol. The van der Waals surface area contributed by atoms with Gasteiger partial charge in [0.05, 0.1) is 6.54 Å². The van der Waals surface area contributed by atoms with Crippen molar-refractivity contribution in [2.75, 3.05) is 13.1 Å². The third-order valence-electron chi connectivity index (χ3n) is 3.05. The molecular weight excluding hydrogens is 277 g/mol. The monoisotopic (exact) mass is 302 g/mol. The molecule has 0 saturated heterocycles. The topological polar surface area (TPSA) is 15.3 Å². The van der Waals surface area contributed by atoms with Crippen LogP contribution in [0.1, 0.15) is 38.3 Å². The highest BCUT2D eigenvalue weighted by molar-refractivity contribution is 5.23. The highest BCUT2D eigenvalue weighted by Gasteiger charge is 2.30. The van der Waals surface area contributed by atoms with Crippen molar-refractivity contribution >= 4 is 0 Å². The number of rotatable bonds is 8. The summed E-state index contributed by atoms with van der Waals surface area (Å²) in [6.07, 6.45) is -3.43. The Bertz CT molecular complexity index is 416. The van der Waals surface area contributed by atoms with Crippen LogP contribution in [0.5, 0.6) is 0 Å². The standard InChI is InChI=1S/C16H25F3N2/c1-4-8-21(12-16(17,18)19)11-15-7-5-6-14(9-15)10-20-13(2)3/h5-7,9,13,20H,4,8,10-12H2,1-3H3. The molecule has 0 amide bonds. The minimum Gasteiger partial charge on any atom is -0.310 e. The lowest BCUT2D eigenvalue weighted by molar-refractivity contribution is -0.147. The molecule has 2 nitrogen and oxygen atoms in total. The number of hydrogen-bond donors (Lipinski definition) is 1. The minimum absolute atomic E-state index is 0.336. The lowest BCUT2D eigenvalue weighted by Crippen LogP contribution is -2.34. The summed E-state index contributed by atoms with van der Waals surface area (Å²) in [4.78, 5) is 1.45. The summed E-state index contributed by atoms with van der Waals surface area (Å²) in [6.45, 7) is 6.70. The molecule has 0 bridgehead atoms. The van der Waals surface area contributed by atoms with Crippen LogP contribution in [-0.4, -0.2) is 30.2 Å². The lowest BCUT2D eigenvalue weighted by Gasteiger charge is -2.23. The molecule has 1 aromatic carbocycles. The Kier molecular flexibility index (Phi) is 7.18. The first kappa shape index (κ1) is 18.0. The van der Waals surface area contributed by atoms with Gasteiger partial charge in [-0.25, -0.2) is 0 Å². The maximum atomic E-state index is 12.6. The summed E-state index contributed by atoms with van der Waals surface area (Å²) >= 11 is 0. The molecule has 1 rings (SSSR count). The van der Waals surface area contributed by atoms with Gasteiger partial charge in [0.2, 0.25) is 0 Å². The summed E-state index contributed by atoms with van der Waals surface area (Å²) in [5.41, 5.74) is 2.03. The Morgan fingerprint density at radius 3 is 2.43 bits per heavy atom. The Morgan fingerprint density at radius 2 is 1.86 bits per heavy atom. The third kappa shape index (κ3) is 8.07. The molecule has 1 N–H and O–H groups in total. The zero-order valence-corrected chi connectivity index (χ0v) is 13.0. The first-order chi connectivity index (χ1) is 9.80. The Morgan fingerprint density at radius 1 is 1.19 bits per heavy atom. The molecule has 21 heavy (non-hydrogen) atoms. The van der Waals surface area contributed by atoms with Gasteiger partial charge in [-0.2, -0.15) is 13.2 Å². The molecule has 0 spiro atoms. The van der Waals surface area contributed by atoms with E-state index in [4.69, 9.17) is 0 Å². The van der Waals surface area contributed by atoms with Crippen LogP contribution in [0.2, 0.25) is 0 Å². The van der Waals surface area contributed by atoms with Gasteiger partial charge < -0.3 is 5.32 Å². The number of hydrogen-bond acceptors (Lipinski definition) is 2. The van der Waals surface area contributed by atoms with E-state index in [1.165, 1.54) is 4.90 Å². The number of halogens is 3. The van der Waals surface area contributed by atoms with Crippen LogP contribution in [0.4, 0.5) is 13.2 Å². The van der Waals surface area contributed by atoms with Gasteiger partial charge >= 0.3 is 6.18 Å². The fourth-order valence-electron chi connectivity index (χ4n) is 2.20. The van der Waals surface area contributed by atoms with Crippen molar-refractivity contribution in [1.82, 2.24) is 10.2 Å². The highest BCUT2D eigenvalue weighted by atomic mass is 19.4. The van der Waals surface area contributed by atoms with Crippen molar-refractivity contribution in [1.29, 1.82) is 0 Å². The van der Waals surface area contributed by atoms with Crippen LogP contribution >= 0.6 is 0 Å². The quantitative estimate of drug-likeness (QED) is 0.782. The highest BCUT2D eigenvalue weighted by Crippen LogP contribution is 2.18. The molecule has 0 saturated carbocycles. The van der Waals surface area contributed by atoms with Crippen molar-refractivity contribution in [3.8, 4) is 0 Å². The maximum Gasteiger partial charge on any atom is 0.401 e. The maximum absolute atomic E-state index is 12.6. The van der Waals surface area contributed by atoms with E-state index in [2.05, 4.69) is 19.2 Å². The second kappa shape index (κ2) is 8.39. The molecule has 0 aromatic heterocycles. The number of nitrogens with zero attached hydrogens (tertiary/aromatic N) is 1. The third-order valence-corrected chi connectivity index (χ3v) is 3.05. The summed E-state index contributed by atoms with van der Waals surface area (Å²) in [5.74, 6) is 0. The van der Waals surface area contributed by atoms with Gasteiger partial charge in [0.15, 0.2) is 0 Å². The van der Waals surface area contributed by atoms with Crippen molar-refractivity contribution in [3.05, 3.63) is 35.4 Å². The van der Waals surface area contributed by atoms with Crippen molar-refractivity contribution < 1.29 is 13.2 Å². The minimum atomic E-state index is -4.15. The van der Waals surface area contributed by atoms with Gasteiger partial charge in [0.25, 0.3) is 0 Å². The zero-order valence-electron chi connectivity index (χ0n) is 13.0. The molecule has 0 aliphatic carbocycles. The second-order valence-corrected chi connectivity index (χ2v) is 5.68. The van der Waals surface area contributed by atoms with E-state index in [1.807, 2.05) is 31.2 Å². The molecular formula is C16H25F3N2. The van der Waals surface area contributed by atoms with E-state index >= 15 is 0 Å². The van der Waals surface area contributed by atoms with Crippen molar-refractivity contribution in [2.24, 2.45) is 0 Å². The van der Waals surface area contributed by atoms with Gasteiger partial charge in [-0.3, -0.25) is 4.90 Å². The number of alkyl halides is 3. The predicted octanol–water partition coefficient (Wildman–Crippen LogP) is 3.96. The molecule has 0 unspecified atom stereocenters. The molecule has 1 aromatic rings. The fraction of sp³-hybridized carbons (Fsp3) is 0.625. The predicted molar refractivity (Wildman–Crippen MR) is 80.0 cm³/mol. The largest absolute Gasteiger partial charge is 0.401 e. The zero-order chi connectivity index (χ0) is 15.9. The number of nitrogens with one attached hydrogen (secondary N) is 1. The molecule has 0 aliphatic rings. The van der Waals surface area contributed by atoms with Crippen molar-refractivity contribution in [3.63, 3.8) is 0 Å². The molecule has 0 radical (unpaired) electrons. The molecule has 0 atom stereocenters. The van der Waals surface area contributed by atoms with Crippen LogP contribution in [0.25, 0.3) is 0 Å². The average Bonchev–Trinajstić information content (AvgIpc) is 2.35. The van der Waals surface area contributed by atoms with Gasteiger partial charge in [-0.15, -0.1) is 0 Å². The van der Waals surface area contributed by atoms with Gasteiger partial charge in [0, 0.05) is 19.1 Å². The van der Waals surface area contributed by atoms with Gasteiger partial charge in [-0.05, 0) is 24.1 Å². The molecule has 5 heteroatoms. The summed E-state index contributed by atoms with van der Waals surface area (Å²) in [7, 11) is 0. The second-order valence-electron chi connectivity index (χ2n) is 5.68. The SMILES string of the molecule is CCCN(Cc1cccc(CNC(C)C)c1)CC(F)(F)F. The van der Waals surface area contributed by atoms with E-state index in [0.29, 0.717) is 25.6 Å². The van der Waals surface area contributed by atoms with Gasteiger partial charge in [-0.1, -0.05) is 45.0 Å². The Balaban J connectivity index is 2.67. The van der Waals surface area contributed by atoms with E-state index in [-0.39, 0.29) is 0 Å². The van der Waals surface area contributed by atoms with Gasteiger partial charge in [0.1, 0.15) is 0 Å². The smallest absolute Gasteiger partial charge is 0.310 e. The van der Waals surface area contributed by atoms with Crippen molar-refractivity contribution in [2.45, 2.75) is 52.5 Å². The summed E-state index contributed by atoms with van der Waals surface area (Å²) < 4.78 is 37.7. The molecule has 0 aliphatic heterocycles. The van der Waals surface area contributed by atoms with Crippen LogP contribution in [0.3, 0.4) is 0 Å². The van der Waals surface area contributed by atoms with E-state index < -0.39 is 12.7 Å². The number of benzene rings is 1. The molecule has 120 valence electrons. The molecule has 0 fully saturated rings. The van der Waals surface area contributed by atoms with Crippen LogP contribution in [0, 0.1) is 0 Å². The summed E-state index contributed by atoms with van der Waals surface area (Å²) in [6, 6.07) is 8.15. The van der Waals surface area contributed by atoms with Crippen LogP contribution in [-0.2, 0) is 13.1 Å². The Labute approximate surface area is 125 Å². The fourth-order valence-corrected chi connectivity index (χ4v) is 2.20. The first-order valence-corrected chi connectivity index (χ1v) is 7.40. The first-order valence-electron chi connectivity index (χ1n) is 7.40.